The van der Waals surface area contributed by atoms with Gasteiger partial charge in [0.15, 0.2) is 5.78 Å². The summed E-state index contributed by atoms with van der Waals surface area (Å²) in [5, 5.41) is 18.2. The number of benzene rings is 2. The van der Waals surface area contributed by atoms with E-state index in [9.17, 15) is 31.2 Å². The predicted molar refractivity (Wildman–Crippen MR) is 119 cm³/mol. The molecule has 2 unspecified atom stereocenters. The van der Waals surface area contributed by atoms with Crippen molar-refractivity contribution in [2.75, 3.05) is 0 Å². The highest BCUT2D eigenvalue weighted by atomic mass is 32.2. The topological polar surface area (TPSA) is 184 Å². The molecule has 2 aromatic rings. The zero-order valence-corrected chi connectivity index (χ0v) is 19.7. The van der Waals surface area contributed by atoms with E-state index in [4.69, 9.17) is 10.2 Å². The molecule has 0 radical (unpaired) electrons. The van der Waals surface area contributed by atoms with Gasteiger partial charge in [-0.15, -0.1) is 0 Å². The van der Waals surface area contributed by atoms with Crippen LogP contribution in [0.2, 0.25) is 0 Å². The van der Waals surface area contributed by atoms with E-state index in [2.05, 4.69) is 9.44 Å². The zero-order valence-electron chi connectivity index (χ0n) is 18.1. The number of ketones is 1. The molecule has 0 aliphatic heterocycles. The number of aliphatic carboxylic acids is 2. The van der Waals surface area contributed by atoms with Crippen LogP contribution in [0.1, 0.15) is 42.6 Å². The number of carbonyl (C=O) groups excluding carboxylic acids is 1. The molecule has 0 saturated carbocycles. The molecule has 182 valence electrons. The number of fused-ring (bicyclic) bond motifs is 3. The molecule has 4 N–H and O–H groups in total. The van der Waals surface area contributed by atoms with Crippen LogP contribution in [0.5, 0.6) is 0 Å². The molecule has 0 amide bonds. The maximum Gasteiger partial charge on any atom is 0.321 e. The average molecular weight is 511 g/mol. The smallest absolute Gasteiger partial charge is 0.321 e. The number of rotatable bonds is 10. The van der Waals surface area contributed by atoms with Crippen LogP contribution in [0.15, 0.2) is 46.2 Å². The second-order valence-electron chi connectivity index (χ2n) is 7.58. The van der Waals surface area contributed by atoms with E-state index in [1.165, 1.54) is 38.1 Å². The number of hydrogen-bond donors (Lipinski definition) is 4. The summed E-state index contributed by atoms with van der Waals surface area (Å²) in [6.07, 6.45) is 0.0197. The molecule has 13 heteroatoms. The highest BCUT2D eigenvalue weighted by Crippen LogP contribution is 2.38. The summed E-state index contributed by atoms with van der Waals surface area (Å²) in [6, 6.07) is 4.76. The Morgan fingerprint density at radius 1 is 0.735 bits per heavy atom. The number of sulfonamides is 2. The van der Waals surface area contributed by atoms with Crippen molar-refractivity contribution in [1.82, 2.24) is 9.44 Å². The van der Waals surface area contributed by atoms with Gasteiger partial charge >= 0.3 is 11.9 Å². The minimum atomic E-state index is -4.25. The van der Waals surface area contributed by atoms with Gasteiger partial charge in [0.2, 0.25) is 20.0 Å². The van der Waals surface area contributed by atoms with E-state index < -0.39 is 49.9 Å². The normalized spacial score (nSPS) is 14.8. The molecule has 0 spiro atoms. The quantitative estimate of drug-likeness (QED) is 0.311. The Labute approximate surface area is 195 Å². The Hall–Kier alpha value is -3.13. The summed E-state index contributed by atoms with van der Waals surface area (Å²) in [4.78, 5) is 34.8. The molecule has 3 rings (SSSR count). The van der Waals surface area contributed by atoms with Gasteiger partial charge in [-0.25, -0.2) is 16.8 Å². The molecule has 11 nitrogen and oxygen atoms in total. The Balaban J connectivity index is 1.97. The summed E-state index contributed by atoms with van der Waals surface area (Å²) < 4.78 is 54.7. The van der Waals surface area contributed by atoms with Crippen molar-refractivity contribution in [3.05, 3.63) is 47.5 Å². The van der Waals surface area contributed by atoms with Crippen molar-refractivity contribution in [3.63, 3.8) is 0 Å². The molecular weight excluding hydrogens is 488 g/mol. The van der Waals surface area contributed by atoms with E-state index in [0.717, 1.165) is 12.1 Å². The molecule has 34 heavy (non-hydrogen) atoms. The van der Waals surface area contributed by atoms with Crippen molar-refractivity contribution in [1.29, 1.82) is 0 Å². The fourth-order valence-corrected chi connectivity index (χ4v) is 6.10. The Kier molecular flexibility index (Phi) is 6.94. The van der Waals surface area contributed by atoms with Crippen molar-refractivity contribution < 1.29 is 41.4 Å². The lowest BCUT2D eigenvalue weighted by atomic mass is 10.1. The van der Waals surface area contributed by atoms with Crippen molar-refractivity contribution in [2.24, 2.45) is 0 Å². The maximum absolute atomic E-state index is 13.0. The third kappa shape index (κ3) is 4.73. The highest BCUT2D eigenvalue weighted by Gasteiger charge is 2.32. The van der Waals surface area contributed by atoms with Gasteiger partial charge in [-0.3, -0.25) is 14.4 Å². The molecule has 0 bridgehead atoms. The standard InChI is InChI=1S/C21H22N2O9S2/c1-3-17(20(25)26)22-33(29,30)11-5-7-13-14-8-6-12(10-16(14)19(24)15(13)9-11)34(31,32)23-18(4-2)21(27)28/h5-10,17-18,22-23H,3-4H2,1-2H3,(H,25,26)(H,27,28). The third-order valence-corrected chi connectivity index (χ3v) is 8.33. The Morgan fingerprint density at radius 2 is 1.09 bits per heavy atom. The van der Waals surface area contributed by atoms with Crippen LogP contribution in [0, 0.1) is 0 Å². The minimum Gasteiger partial charge on any atom is -0.480 e. The predicted octanol–water partition coefficient (Wildman–Crippen LogP) is 1.18. The summed E-state index contributed by atoms with van der Waals surface area (Å²) >= 11 is 0. The molecule has 0 heterocycles. The first-order valence-corrected chi connectivity index (χ1v) is 13.1. The van der Waals surface area contributed by atoms with E-state index in [1.807, 2.05) is 0 Å². The van der Waals surface area contributed by atoms with Gasteiger partial charge < -0.3 is 10.2 Å². The van der Waals surface area contributed by atoms with E-state index >= 15 is 0 Å². The maximum atomic E-state index is 13.0. The van der Waals surface area contributed by atoms with Crippen LogP contribution < -0.4 is 9.44 Å². The van der Waals surface area contributed by atoms with Crippen LogP contribution in [-0.2, 0) is 29.6 Å². The fourth-order valence-electron chi connectivity index (χ4n) is 3.50. The van der Waals surface area contributed by atoms with Gasteiger partial charge in [-0.2, -0.15) is 9.44 Å². The first-order chi connectivity index (χ1) is 15.8. The monoisotopic (exact) mass is 510 g/mol. The Bertz CT molecular complexity index is 1290. The van der Waals surface area contributed by atoms with Crippen LogP contribution in [0.3, 0.4) is 0 Å². The van der Waals surface area contributed by atoms with E-state index in [-0.39, 0.29) is 33.8 Å². The van der Waals surface area contributed by atoms with Crippen LogP contribution in [-0.4, -0.2) is 56.9 Å². The second-order valence-corrected chi connectivity index (χ2v) is 11.0. The largest absolute Gasteiger partial charge is 0.480 e. The van der Waals surface area contributed by atoms with Gasteiger partial charge in [-0.05, 0) is 48.2 Å². The van der Waals surface area contributed by atoms with Crippen LogP contribution in [0.25, 0.3) is 11.1 Å². The molecule has 2 atom stereocenters. The van der Waals surface area contributed by atoms with E-state index in [1.54, 1.807) is 0 Å². The number of carbonyl (C=O) groups is 3. The lowest BCUT2D eigenvalue weighted by Crippen LogP contribution is -2.40. The van der Waals surface area contributed by atoms with Crippen molar-refractivity contribution >= 4 is 37.8 Å². The molecule has 0 saturated heterocycles. The molecular formula is C21H22N2O9S2. The molecule has 1 aliphatic carbocycles. The van der Waals surface area contributed by atoms with Gasteiger partial charge in [-0.1, -0.05) is 26.0 Å². The first kappa shape index (κ1) is 25.5. The zero-order chi connectivity index (χ0) is 25.4. The van der Waals surface area contributed by atoms with Crippen molar-refractivity contribution in [2.45, 2.75) is 48.6 Å². The summed E-state index contributed by atoms with van der Waals surface area (Å²) in [7, 11) is -8.50. The SMILES string of the molecule is CCC(NS(=O)(=O)c1ccc2c(c1)C(=O)c1cc(S(=O)(=O)NC(CC)C(=O)O)ccc1-2)C(=O)O. The summed E-state index contributed by atoms with van der Waals surface area (Å²) in [5.41, 5.74) is 0.803. The summed E-state index contributed by atoms with van der Waals surface area (Å²) in [6.45, 7) is 3.01. The summed E-state index contributed by atoms with van der Waals surface area (Å²) in [5.74, 6) is -3.30. The van der Waals surface area contributed by atoms with Crippen LogP contribution in [0.4, 0.5) is 0 Å². The number of nitrogens with one attached hydrogen (secondary N) is 2. The molecule has 2 aromatic carbocycles. The average Bonchev–Trinajstić information content (AvgIpc) is 3.06. The molecule has 0 fully saturated rings. The Morgan fingerprint density at radius 3 is 1.38 bits per heavy atom. The molecule has 0 aromatic heterocycles. The molecule has 1 aliphatic rings. The minimum absolute atomic E-state index is 0.00985. The highest BCUT2D eigenvalue weighted by molar-refractivity contribution is 7.89. The third-order valence-electron chi connectivity index (χ3n) is 5.39. The van der Waals surface area contributed by atoms with Gasteiger partial charge in [0.05, 0.1) is 9.79 Å². The van der Waals surface area contributed by atoms with Crippen LogP contribution >= 0.6 is 0 Å². The number of hydrogen-bond acceptors (Lipinski definition) is 7. The fraction of sp³-hybridized carbons (Fsp3) is 0.286. The first-order valence-electron chi connectivity index (χ1n) is 10.2. The van der Waals surface area contributed by atoms with Gasteiger partial charge in [0.25, 0.3) is 0 Å². The van der Waals surface area contributed by atoms with Crippen molar-refractivity contribution in [3.8, 4) is 11.1 Å². The lowest BCUT2D eigenvalue weighted by Gasteiger charge is -2.13. The van der Waals surface area contributed by atoms with Gasteiger partial charge in [0, 0.05) is 11.1 Å². The number of carboxylic acid groups (broad SMARTS) is 2. The van der Waals surface area contributed by atoms with E-state index in [0.29, 0.717) is 11.1 Å². The number of carboxylic acids is 2. The van der Waals surface area contributed by atoms with Gasteiger partial charge in [0.1, 0.15) is 12.1 Å². The lowest BCUT2D eigenvalue weighted by molar-refractivity contribution is -0.139. The second kappa shape index (κ2) is 9.25.